The van der Waals surface area contributed by atoms with Gasteiger partial charge in [0.25, 0.3) is 0 Å². The van der Waals surface area contributed by atoms with Crippen molar-refractivity contribution in [3.63, 3.8) is 0 Å². The zero-order valence-electron chi connectivity index (χ0n) is 6.97. The highest BCUT2D eigenvalue weighted by Gasteiger charge is 2.16. The van der Waals surface area contributed by atoms with Gasteiger partial charge >= 0.3 is 0 Å². The molecule has 0 aliphatic carbocycles. The number of rotatable bonds is 5. The molecule has 2 N–H and O–H groups in total. The van der Waals surface area contributed by atoms with Crippen LogP contribution in [-0.4, -0.2) is 18.6 Å². The summed E-state index contributed by atoms with van der Waals surface area (Å²) in [5.41, 5.74) is 5.42. The van der Waals surface area contributed by atoms with Crippen LogP contribution in [0.5, 0.6) is 0 Å². The normalized spacial score (nSPS) is 11.9. The first-order chi connectivity index (χ1) is 4.68. The Balaban J connectivity index is 3.83. The molecule has 0 rings (SSSR count). The third-order valence-electron chi connectivity index (χ3n) is 1.59. The van der Waals surface area contributed by atoms with E-state index in [2.05, 4.69) is 13.8 Å². The van der Waals surface area contributed by atoms with Crippen molar-refractivity contribution in [3.8, 4) is 0 Å². The van der Waals surface area contributed by atoms with Crippen LogP contribution in [0.3, 0.4) is 0 Å². The summed E-state index contributed by atoms with van der Waals surface area (Å²) in [7, 11) is -1.92. The average molecular weight is 163 g/mol. The van der Waals surface area contributed by atoms with Gasteiger partial charge in [-0.05, 0) is 12.8 Å². The summed E-state index contributed by atoms with van der Waals surface area (Å²) in [5, 5.41) is 0. The second-order valence-corrected chi connectivity index (χ2v) is 6.06. The molecule has 0 aromatic heterocycles. The number of nitrogens with two attached hydrogens (primary N) is 1. The third-order valence-corrected chi connectivity index (χ3v) is 4.78. The lowest BCUT2D eigenvalue weighted by Gasteiger charge is -2.13. The highest BCUT2D eigenvalue weighted by Crippen LogP contribution is 2.44. The molecule has 0 saturated heterocycles. The first-order valence-corrected chi connectivity index (χ1v) is 6.22. The number of hydrogen-bond acceptors (Lipinski definition) is 2. The second kappa shape index (κ2) is 4.92. The minimum atomic E-state index is -1.92. The van der Waals surface area contributed by atoms with Crippen LogP contribution in [0.2, 0.25) is 0 Å². The van der Waals surface area contributed by atoms with Crippen molar-refractivity contribution in [2.45, 2.75) is 26.7 Å². The summed E-state index contributed by atoms with van der Waals surface area (Å²) in [6.45, 7) is 4.11. The maximum Gasteiger partial charge on any atom is 0.100 e. The lowest BCUT2D eigenvalue weighted by molar-refractivity contribution is 0.572. The smallest absolute Gasteiger partial charge is 0.100 e. The van der Waals surface area contributed by atoms with Crippen molar-refractivity contribution in [2.75, 3.05) is 18.6 Å². The van der Waals surface area contributed by atoms with Crippen molar-refractivity contribution in [1.82, 2.24) is 0 Å². The first kappa shape index (κ1) is 10.2. The van der Waals surface area contributed by atoms with E-state index in [1.807, 2.05) is 0 Å². The number of hydrogen-bond donors (Lipinski definition) is 1. The molecular formula is C7H18NOP. The zero-order valence-corrected chi connectivity index (χ0v) is 7.86. The van der Waals surface area contributed by atoms with E-state index in [4.69, 9.17) is 5.73 Å². The van der Waals surface area contributed by atoms with E-state index in [0.29, 0.717) is 6.29 Å². The van der Waals surface area contributed by atoms with Gasteiger partial charge in [0.1, 0.15) is 7.14 Å². The monoisotopic (exact) mass is 163 g/mol. The van der Waals surface area contributed by atoms with E-state index in [1.54, 1.807) is 0 Å². The highest BCUT2D eigenvalue weighted by molar-refractivity contribution is 7.63. The van der Waals surface area contributed by atoms with Gasteiger partial charge in [0.05, 0.1) is 0 Å². The van der Waals surface area contributed by atoms with Gasteiger partial charge in [-0.15, -0.1) is 0 Å². The van der Waals surface area contributed by atoms with Gasteiger partial charge in [-0.2, -0.15) is 0 Å². The van der Waals surface area contributed by atoms with E-state index < -0.39 is 7.14 Å². The molecule has 0 atom stereocenters. The molecule has 0 aromatic rings. The van der Waals surface area contributed by atoms with Gasteiger partial charge in [-0.1, -0.05) is 13.8 Å². The molecule has 0 amide bonds. The lowest BCUT2D eigenvalue weighted by atomic mass is 10.6. The van der Waals surface area contributed by atoms with Crippen LogP contribution >= 0.6 is 7.14 Å². The minimum Gasteiger partial charge on any atom is -0.324 e. The third kappa shape index (κ3) is 3.38. The highest BCUT2D eigenvalue weighted by atomic mass is 31.2. The lowest BCUT2D eigenvalue weighted by Crippen LogP contribution is -2.06. The Morgan fingerprint density at radius 3 is 1.80 bits per heavy atom. The molecule has 0 aliphatic rings. The van der Waals surface area contributed by atoms with Gasteiger partial charge in [-0.25, -0.2) is 0 Å². The molecule has 0 fully saturated rings. The molecule has 2 nitrogen and oxygen atoms in total. The maximum atomic E-state index is 11.7. The molecule has 0 bridgehead atoms. The Kier molecular flexibility index (Phi) is 5.02. The molecule has 10 heavy (non-hydrogen) atoms. The van der Waals surface area contributed by atoms with Crippen LogP contribution in [0.15, 0.2) is 0 Å². The van der Waals surface area contributed by atoms with Crippen molar-refractivity contribution in [1.29, 1.82) is 0 Å². The summed E-state index contributed by atoms with van der Waals surface area (Å²) in [4.78, 5) is 0. The predicted molar refractivity (Wildman–Crippen MR) is 47.0 cm³/mol. The standard InChI is InChI=1S/C7H18NOP/c1-3-5-10(9,7-8)6-4-2/h3-8H2,1-2H3. The average Bonchev–Trinajstić information content (AvgIpc) is 1.89. The second-order valence-electron chi connectivity index (χ2n) is 2.69. The van der Waals surface area contributed by atoms with Gasteiger partial charge in [-0.3, -0.25) is 0 Å². The molecule has 62 valence electrons. The molecule has 0 radical (unpaired) electrons. The van der Waals surface area contributed by atoms with Gasteiger partial charge in [0.2, 0.25) is 0 Å². The van der Waals surface area contributed by atoms with Crippen LogP contribution < -0.4 is 5.73 Å². The summed E-state index contributed by atoms with van der Waals surface area (Å²) in [6, 6.07) is 0. The molecule has 0 spiro atoms. The SMILES string of the molecule is CCCP(=O)(CN)CCC. The van der Waals surface area contributed by atoms with Crippen LogP contribution in [0, 0.1) is 0 Å². The van der Waals surface area contributed by atoms with Crippen molar-refractivity contribution >= 4 is 7.14 Å². The van der Waals surface area contributed by atoms with Crippen molar-refractivity contribution < 1.29 is 4.57 Å². The van der Waals surface area contributed by atoms with Gasteiger partial charge < -0.3 is 10.3 Å². The van der Waals surface area contributed by atoms with E-state index in [-0.39, 0.29) is 0 Å². The van der Waals surface area contributed by atoms with Crippen molar-refractivity contribution in [3.05, 3.63) is 0 Å². The van der Waals surface area contributed by atoms with Gasteiger partial charge in [0.15, 0.2) is 0 Å². The zero-order chi connectivity index (χ0) is 8.04. The summed E-state index contributed by atoms with van der Waals surface area (Å²) >= 11 is 0. The Bertz CT molecular complexity index is 115. The Morgan fingerprint density at radius 1 is 1.20 bits per heavy atom. The van der Waals surface area contributed by atoms with E-state index in [9.17, 15) is 4.57 Å². The maximum absolute atomic E-state index is 11.7. The molecule has 0 heterocycles. The molecule has 0 aliphatic heterocycles. The van der Waals surface area contributed by atoms with Crippen LogP contribution in [0.1, 0.15) is 26.7 Å². The van der Waals surface area contributed by atoms with Crippen molar-refractivity contribution in [2.24, 2.45) is 5.73 Å². The van der Waals surface area contributed by atoms with Crippen LogP contribution in [0.25, 0.3) is 0 Å². The van der Waals surface area contributed by atoms with Crippen LogP contribution in [0.4, 0.5) is 0 Å². The summed E-state index contributed by atoms with van der Waals surface area (Å²) < 4.78 is 11.7. The van der Waals surface area contributed by atoms with E-state index in [1.165, 1.54) is 0 Å². The fraction of sp³-hybridized carbons (Fsp3) is 1.00. The fourth-order valence-electron chi connectivity index (χ4n) is 1.11. The molecule has 3 heteroatoms. The Labute approximate surface area is 63.6 Å². The Morgan fingerprint density at radius 2 is 1.60 bits per heavy atom. The molecule has 0 aromatic carbocycles. The molecular weight excluding hydrogens is 145 g/mol. The predicted octanol–water partition coefficient (Wildman–Crippen LogP) is 2.09. The molecule has 0 unspecified atom stereocenters. The largest absolute Gasteiger partial charge is 0.324 e. The van der Waals surface area contributed by atoms with E-state index in [0.717, 1.165) is 25.2 Å². The quantitative estimate of drug-likeness (QED) is 0.630. The molecule has 0 saturated carbocycles. The van der Waals surface area contributed by atoms with Gasteiger partial charge in [0, 0.05) is 18.6 Å². The van der Waals surface area contributed by atoms with Crippen LogP contribution in [-0.2, 0) is 4.57 Å². The Hall–Kier alpha value is 0.190. The first-order valence-electron chi connectivity index (χ1n) is 3.95. The minimum absolute atomic E-state index is 0.397. The fourth-order valence-corrected chi connectivity index (χ4v) is 3.33. The topological polar surface area (TPSA) is 43.1 Å². The summed E-state index contributed by atoms with van der Waals surface area (Å²) in [6.07, 6.45) is 4.05. The van der Waals surface area contributed by atoms with E-state index >= 15 is 0 Å². The summed E-state index contributed by atoms with van der Waals surface area (Å²) in [5.74, 6) is 0.